The van der Waals surface area contributed by atoms with Crippen molar-refractivity contribution in [3.8, 4) is 11.1 Å². The highest BCUT2D eigenvalue weighted by molar-refractivity contribution is 5.82. The van der Waals surface area contributed by atoms with Crippen LogP contribution in [0.4, 0.5) is 4.79 Å². The van der Waals surface area contributed by atoms with Crippen molar-refractivity contribution in [2.45, 2.75) is 31.0 Å². The Labute approximate surface area is 192 Å². The Morgan fingerprint density at radius 2 is 1.52 bits per heavy atom. The number of likely N-dealkylation sites (tertiary alicyclic amines) is 1. The molecule has 0 spiro atoms. The first-order valence-electron chi connectivity index (χ1n) is 11.2. The first-order chi connectivity index (χ1) is 16.1. The van der Waals surface area contributed by atoms with Gasteiger partial charge in [0.15, 0.2) is 0 Å². The van der Waals surface area contributed by atoms with Crippen LogP contribution in [0, 0.1) is 0 Å². The first-order valence-corrected chi connectivity index (χ1v) is 11.2. The van der Waals surface area contributed by atoms with Gasteiger partial charge in [-0.15, -0.1) is 0 Å². The van der Waals surface area contributed by atoms with E-state index in [1.165, 1.54) is 4.90 Å². The van der Waals surface area contributed by atoms with Gasteiger partial charge in [-0.05, 0) is 34.2 Å². The van der Waals surface area contributed by atoms with Gasteiger partial charge in [-0.2, -0.15) is 0 Å². The minimum atomic E-state index is -1.01. The summed E-state index contributed by atoms with van der Waals surface area (Å²) in [6, 6.07) is 25.2. The molecule has 1 saturated heterocycles. The van der Waals surface area contributed by atoms with Crippen LogP contribution in [0.3, 0.4) is 0 Å². The highest BCUT2D eigenvalue weighted by atomic mass is 16.6. The molecule has 3 aromatic carbocycles. The molecule has 3 aromatic rings. The van der Waals surface area contributed by atoms with Crippen LogP contribution in [-0.4, -0.2) is 47.3 Å². The van der Waals surface area contributed by atoms with Crippen LogP contribution >= 0.6 is 0 Å². The van der Waals surface area contributed by atoms with Crippen molar-refractivity contribution < 1.29 is 19.4 Å². The van der Waals surface area contributed by atoms with Crippen molar-refractivity contribution >= 4 is 12.1 Å². The zero-order valence-electron chi connectivity index (χ0n) is 18.2. The Kier molecular flexibility index (Phi) is 5.84. The maximum atomic E-state index is 13.0. The molecule has 0 bridgehead atoms. The number of carbonyl (C=O) groups excluding carboxylic acids is 1. The van der Waals surface area contributed by atoms with E-state index in [0.29, 0.717) is 19.5 Å². The fourth-order valence-corrected chi connectivity index (χ4v) is 4.95. The predicted octanol–water partition coefficient (Wildman–Crippen LogP) is 4.25. The summed E-state index contributed by atoms with van der Waals surface area (Å²) in [6.45, 7) is 1.11. The van der Waals surface area contributed by atoms with Crippen molar-refractivity contribution in [3.63, 3.8) is 0 Å². The monoisotopic (exact) mass is 442 g/mol. The topological polar surface area (TPSA) is 78.9 Å². The Bertz CT molecular complexity index is 1120. The van der Waals surface area contributed by atoms with E-state index < -0.39 is 18.1 Å². The second kappa shape index (κ2) is 9.08. The van der Waals surface area contributed by atoms with Crippen LogP contribution in [0.25, 0.3) is 11.1 Å². The van der Waals surface area contributed by atoms with Crippen molar-refractivity contribution in [2.75, 3.05) is 13.2 Å². The van der Waals surface area contributed by atoms with Crippen molar-refractivity contribution in [1.29, 1.82) is 0 Å². The second-order valence-corrected chi connectivity index (χ2v) is 8.61. The van der Waals surface area contributed by atoms with Crippen LogP contribution in [0.1, 0.15) is 29.0 Å². The summed E-state index contributed by atoms with van der Waals surface area (Å²) in [7, 11) is 0. The Balaban J connectivity index is 1.26. The lowest BCUT2D eigenvalue weighted by molar-refractivity contribution is -0.141. The van der Waals surface area contributed by atoms with Gasteiger partial charge in [-0.25, -0.2) is 9.59 Å². The number of benzene rings is 3. The SMILES string of the molecule is O=C(O)[C@@H]1C[C@@H](NCc2ccccc2)CN1C(=O)OCC1c2ccccc2-c2ccccc21. The second-order valence-electron chi connectivity index (χ2n) is 8.61. The summed E-state index contributed by atoms with van der Waals surface area (Å²) in [5, 5.41) is 13.1. The molecule has 0 saturated carbocycles. The van der Waals surface area contributed by atoms with Gasteiger partial charge in [0, 0.05) is 25.0 Å². The smallest absolute Gasteiger partial charge is 0.410 e. The summed E-state index contributed by atoms with van der Waals surface area (Å²) in [4.78, 5) is 26.2. The molecule has 1 aliphatic carbocycles. The summed E-state index contributed by atoms with van der Waals surface area (Å²) in [5.41, 5.74) is 5.69. The highest BCUT2D eigenvalue weighted by Crippen LogP contribution is 2.44. The molecule has 168 valence electrons. The van der Waals surface area contributed by atoms with E-state index >= 15 is 0 Å². The van der Waals surface area contributed by atoms with E-state index in [1.807, 2.05) is 54.6 Å². The zero-order valence-corrected chi connectivity index (χ0v) is 18.2. The third-order valence-corrected chi connectivity index (χ3v) is 6.59. The van der Waals surface area contributed by atoms with Crippen LogP contribution in [0.5, 0.6) is 0 Å². The lowest BCUT2D eigenvalue weighted by atomic mass is 9.98. The van der Waals surface area contributed by atoms with E-state index in [-0.39, 0.29) is 18.6 Å². The molecule has 1 aliphatic heterocycles. The number of ether oxygens (including phenoxy) is 1. The van der Waals surface area contributed by atoms with Gasteiger partial charge < -0.3 is 15.2 Å². The number of hydrogen-bond acceptors (Lipinski definition) is 4. The molecule has 5 rings (SSSR count). The summed E-state index contributed by atoms with van der Waals surface area (Å²) in [6.07, 6.45) is -0.222. The van der Waals surface area contributed by atoms with E-state index in [4.69, 9.17) is 4.74 Å². The summed E-state index contributed by atoms with van der Waals surface area (Å²) < 4.78 is 5.71. The molecule has 0 aromatic heterocycles. The summed E-state index contributed by atoms with van der Waals surface area (Å²) >= 11 is 0. The Morgan fingerprint density at radius 1 is 0.909 bits per heavy atom. The first kappa shape index (κ1) is 21.2. The molecular weight excluding hydrogens is 416 g/mol. The molecule has 2 aliphatic rings. The standard InChI is InChI=1S/C27H26N2O4/c30-26(31)25-14-19(28-15-18-8-2-1-3-9-18)16-29(25)27(32)33-17-24-22-12-6-4-10-20(22)21-11-5-7-13-23(21)24/h1-13,19,24-25,28H,14-17H2,(H,30,31)/t19-,25+/m1/s1. The van der Waals surface area contributed by atoms with Crippen molar-refractivity contribution in [3.05, 3.63) is 95.6 Å². The van der Waals surface area contributed by atoms with Crippen LogP contribution in [0.2, 0.25) is 0 Å². The number of aliphatic carboxylic acids is 1. The minimum Gasteiger partial charge on any atom is -0.480 e. The van der Waals surface area contributed by atoms with E-state index in [0.717, 1.165) is 27.8 Å². The number of carboxylic acid groups (broad SMARTS) is 1. The summed E-state index contributed by atoms with van der Waals surface area (Å²) in [5.74, 6) is -1.06. The quantitative estimate of drug-likeness (QED) is 0.597. The van der Waals surface area contributed by atoms with Crippen molar-refractivity contribution in [1.82, 2.24) is 10.2 Å². The normalized spacial score (nSPS) is 19.2. The number of carboxylic acids is 1. The lowest BCUT2D eigenvalue weighted by Gasteiger charge is -2.22. The van der Waals surface area contributed by atoms with Gasteiger partial charge >= 0.3 is 12.1 Å². The molecule has 0 radical (unpaired) electrons. The molecule has 1 heterocycles. The zero-order chi connectivity index (χ0) is 22.8. The number of hydrogen-bond donors (Lipinski definition) is 2. The largest absolute Gasteiger partial charge is 0.480 e. The third kappa shape index (κ3) is 4.22. The fourth-order valence-electron chi connectivity index (χ4n) is 4.95. The third-order valence-electron chi connectivity index (χ3n) is 6.59. The molecule has 2 atom stereocenters. The van der Waals surface area contributed by atoms with Gasteiger partial charge in [0.2, 0.25) is 0 Å². The molecule has 1 amide bonds. The molecule has 1 fully saturated rings. The van der Waals surface area contributed by atoms with Crippen LogP contribution in [-0.2, 0) is 16.1 Å². The number of carbonyl (C=O) groups is 2. The predicted molar refractivity (Wildman–Crippen MR) is 125 cm³/mol. The van der Waals surface area contributed by atoms with E-state index in [9.17, 15) is 14.7 Å². The average Bonchev–Trinajstić information content (AvgIpc) is 3.42. The average molecular weight is 443 g/mol. The number of nitrogens with zero attached hydrogens (tertiary/aromatic N) is 1. The van der Waals surface area contributed by atoms with E-state index in [2.05, 4.69) is 29.6 Å². The molecule has 6 nitrogen and oxygen atoms in total. The Hall–Kier alpha value is -3.64. The number of fused-ring (bicyclic) bond motifs is 3. The van der Waals surface area contributed by atoms with Gasteiger partial charge in [0.25, 0.3) is 0 Å². The maximum absolute atomic E-state index is 13.0. The number of nitrogens with one attached hydrogen (secondary N) is 1. The highest BCUT2D eigenvalue weighted by Gasteiger charge is 2.41. The lowest BCUT2D eigenvalue weighted by Crippen LogP contribution is -2.41. The maximum Gasteiger partial charge on any atom is 0.410 e. The minimum absolute atomic E-state index is 0.0563. The molecule has 6 heteroatoms. The fraction of sp³-hybridized carbons (Fsp3) is 0.259. The van der Waals surface area contributed by atoms with Crippen LogP contribution in [0.15, 0.2) is 78.9 Å². The van der Waals surface area contributed by atoms with Gasteiger partial charge in [-0.1, -0.05) is 78.9 Å². The van der Waals surface area contributed by atoms with Gasteiger partial charge in [-0.3, -0.25) is 4.90 Å². The Morgan fingerprint density at radius 3 is 2.15 bits per heavy atom. The van der Waals surface area contributed by atoms with Gasteiger partial charge in [0.1, 0.15) is 12.6 Å². The molecule has 33 heavy (non-hydrogen) atoms. The molecular formula is C27H26N2O4. The van der Waals surface area contributed by atoms with Crippen molar-refractivity contribution in [2.24, 2.45) is 0 Å². The van der Waals surface area contributed by atoms with Crippen LogP contribution < -0.4 is 5.32 Å². The number of amides is 1. The van der Waals surface area contributed by atoms with E-state index in [1.54, 1.807) is 0 Å². The molecule has 2 N–H and O–H groups in total. The van der Waals surface area contributed by atoms with Gasteiger partial charge in [0.05, 0.1) is 0 Å². The number of rotatable bonds is 6. The molecule has 0 unspecified atom stereocenters.